The third kappa shape index (κ3) is 2.97. The van der Waals surface area contributed by atoms with Crippen LogP contribution in [0.5, 0.6) is 0 Å². The minimum absolute atomic E-state index is 0.659. The largest absolute Gasteiger partial charge is 0.248 e. The first-order valence-electron chi connectivity index (χ1n) is 7.59. The standard InChI is InChI=1S/C20H21N/c1-14(2)12-16-7-5-9-20-18(16)10-11-19(21-20)17-8-4-6-15(3)13-17/h4-11,13-14H,12H2,1-3H3. The first kappa shape index (κ1) is 13.8. The van der Waals surface area contributed by atoms with Crippen LogP contribution in [-0.4, -0.2) is 4.98 Å². The van der Waals surface area contributed by atoms with E-state index in [0.717, 1.165) is 17.6 Å². The molecule has 0 saturated heterocycles. The fourth-order valence-corrected chi connectivity index (χ4v) is 2.80. The normalized spacial score (nSPS) is 11.2. The van der Waals surface area contributed by atoms with Crippen molar-refractivity contribution in [2.75, 3.05) is 0 Å². The molecule has 0 radical (unpaired) electrons. The van der Waals surface area contributed by atoms with Crippen molar-refractivity contribution in [3.05, 3.63) is 65.7 Å². The van der Waals surface area contributed by atoms with Crippen LogP contribution in [0.15, 0.2) is 54.6 Å². The first-order chi connectivity index (χ1) is 10.1. The van der Waals surface area contributed by atoms with Gasteiger partial charge in [0.2, 0.25) is 0 Å². The van der Waals surface area contributed by atoms with Gasteiger partial charge in [0.15, 0.2) is 0 Å². The van der Waals surface area contributed by atoms with E-state index in [-0.39, 0.29) is 0 Å². The lowest BCUT2D eigenvalue weighted by Gasteiger charge is -2.10. The molecule has 1 heteroatoms. The van der Waals surface area contributed by atoms with E-state index in [1.165, 1.54) is 22.1 Å². The summed E-state index contributed by atoms with van der Waals surface area (Å²) in [6.07, 6.45) is 1.10. The minimum atomic E-state index is 0.659. The van der Waals surface area contributed by atoms with E-state index in [9.17, 15) is 0 Å². The van der Waals surface area contributed by atoms with Gasteiger partial charge >= 0.3 is 0 Å². The van der Waals surface area contributed by atoms with E-state index in [4.69, 9.17) is 4.98 Å². The Morgan fingerprint density at radius 1 is 0.952 bits per heavy atom. The molecular formula is C20H21N. The summed E-state index contributed by atoms with van der Waals surface area (Å²) in [7, 11) is 0. The van der Waals surface area contributed by atoms with Crippen molar-refractivity contribution < 1.29 is 0 Å². The van der Waals surface area contributed by atoms with Crippen LogP contribution in [0.4, 0.5) is 0 Å². The third-order valence-corrected chi connectivity index (χ3v) is 3.76. The molecule has 0 aliphatic rings. The third-order valence-electron chi connectivity index (χ3n) is 3.76. The molecule has 21 heavy (non-hydrogen) atoms. The molecule has 3 rings (SSSR count). The smallest absolute Gasteiger partial charge is 0.0712 e. The van der Waals surface area contributed by atoms with Crippen LogP contribution in [0.2, 0.25) is 0 Å². The van der Waals surface area contributed by atoms with Gasteiger partial charge in [0.25, 0.3) is 0 Å². The van der Waals surface area contributed by atoms with Crippen LogP contribution in [0.1, 0.15) is 25.0 Å². The summed E-state index contributed by atoms with van der Waals surface area (Å²) >= 11 is 0. The van der Waals surface area contributed by atoms with Crippen LogP contribution < -0.4 is 0 Å². The highest BCUT2D eigenvalue weighted by atomic mass is 14.7. The Bertz CT molecular complexity index is 772. The lowest BCUT2D eigenvalue weighted by atomic mass is 9.98. The predicted octanol–water partition coefficient (Wildman–Crippen LogP) is 5.41. The van der Waals surface area contributed by atoms with Crippen LogP contribution in [0, 0.1) is 12.8 Å². The molecule has 0 aliphatic carbocycles. The lowest BCUT2D eigenvalue weighted by molar-refractivity contribution is 0.650. The van der Waals surface area contributed by atoms with Gasteiger partial charge in [0.05, 0.1) is 11.2 Å². The maximum absolute atomic E-state index is 4.85. The van der Waals surface area contributed by atoms with Gasteiger partial charge in [-0.05, 0) is 43.0 Å². The van der Waals surface area contributed by atoms with Crippen molar-refractivity contribution in [3.63, 3.8) is 0 Å². The van der Waals surface area contributed by atoms with Gasteiger partial charge in [-0.1, -0.05) is 55.8 Å². The summed E-state index contributed by atoms with van der Waals surface area (Å²) in [5.41, 5.74) is 5.99. The van der Waals surface area contributed by atoms with Gasteiger partial charge in [-0.3, -0.25) is 0 Å². The highest BCUT2D eigenvalue weighted by molar-refractivity contribution is 5.84. The summed E-state index contributed by atoms with van der Waals surface area (Å²) in [6, 6.07) is 19.3. The monoisotopic (exact) mass is 275 g/mol. The lowest BCUT2D eigenvalue weighted by Crippen LogP contribution is -1.96. The summed E-state index contributed by atoms with van der Waals surface area (Å²) in [5.74, 6) is 0.659. The van der Waals surface area contributed by atoms with Gasteiger partial charge in [0, 0.05) is 10.9 Å². The second kappa shape index (κ2) is 5.69. The zero-order valence-corrected chi connectivity index (χ0v) is 12.9. The maximum Gasteiger partial charge on any atom is 0.0712 e. The van der Waals surface area contributed by atoms with E-state index < -0.39 is 0 Å². The van der Waals surface area contributed by atoms with Crippen LogP contribution in [-0.2, 0) is 6.42 Å². The average molecular weight is 275 g/mol. The zero-order chi connectivity index (χ0) is 14.8. The summed E-state index contributed by atoms with van der Waals surface area (Å²) < 4.78 is 0. The number of aromatic nitrogens is 1. The SMILES string of the molecule is Cc1cccc(-c2ccc3c(CC(C)C)cccc3n2)c1. The molecule has 3 aromatic rings. The Morgan fingerprint density at radius 2 is 1.76 bits per heavy atom. The molecule has 0 aliphatic heterocycles. The van der Waals surface area contributed by atoms with Crippen molar-refractivity contribution >= 4 is 10.9 Å². The zero-order valence-electron chi connectivity index (χ0n) is 12.9. The Labute approximate surface area is 126 Å². The summed E-state index contributed by atoms with van der Waals surface area (Å²) in [4.78, 5) is 4.85. The Balaban J connectivity index is 2.09. The summed E-state index contributed by atoms with van der Waals surface area (Å²) in [6.45, 7) is 6.63. The molecule has 0 unspecified atom stereocenters. The fourth-order valence-electron chi connectivity index (χ4n) is 2.80. The molecule has 0 atom stereocenters. The van der Waals surface area contributed by atoms with Gasteiger partial charge in [0.1, 0.15) is 0 Å². The minimum Gasteiger partial charge on any atom is -0.248 e. The van der Waals surface area contributed by atoms with E-state index >= 15 is 0 Å². The number of nitrogens with zero attached hydrogens (tertiary/aromatic N) is 1. The Hall–Kier alpha value is -2.15. The number of fused-ring (bicyclic) bond motifs is 1. The van der Waals surface area contributed by atoms with Crippen LogP contribution in [0.3, 0.4) is 0 Å². The molecule has 0 bridgehead atoms. The van der Waals surface area contributed by atoms with Gasteiger partial charge in [-0.25, -0.2) is 4.98 Å². The molecule has 0 saturated carbocycles. The molecule has 0 spiro atoms. The number of rotatable bonds is 3. The average Bonchev–Trinajstić information content (AvgIpc) is 2.46. The molecular weight excluding hydrogens is 254 g/mol. The van der Waals surface area contributed by atoms with Crippen molar-refractivity contribution in [2.45, 2.75) is 27.2 Å². The van der Waals surface area contributed by atoms with E-state index in [2.05, 4.69) is 75.4 Å². The number of hydrogen-bond acceptors (Lipinski definition) is 1. The number of benzene rings is 2. The second-order valence-corrected chi connectivity index (χ2v) is 6.15. The van der Waals surface area contributed by atoms with Crippen molar-refractivity contribution in [2.24, 2.45) is 5.92 Å². The van der Waals surface area contributed by atoms with Gasteiger partial charge in [-0.15, -0.1) is 0 Å². The van der Waals surface area contributed by atoms with Crippen LogP contribution in [0.25, 0.3) is 22.2 Å². The first-order valence-corrected chi connectivity index (χ1v) is 7.59. The van der Waals surface area contributed by atoms with Crippen molar-refractivity contribution in [1.82, 2.24) is 4.98 Å². The molecule has 106 valence electrons. The van der Waals surface area contributed by atoms with Crippen molar-refractivity contribution in [1.29, 1.82) is 0 Å². The molecule has 2 aromatic carbocycles. The van der Waals surface area contributed by atoms with Crippen LogP contribution >= 0.6 is 0 Å². The Kier molecular flexibility index (Phi) is 3.74. The molecule has 0 amide bonds. The quantitative estimate of drug-likeness (QED) is 0.623. The Morgan fingerprint density at radius 3 is 2.52 bits per heavy atom. The molecule has 0 fully saturated rings. The fraction of sp³-hybridized carbons (Fsp3) is 0.250. The molecule has 0 N–H and O–H groups in total. The maximum atomic E-state index is 4.85. The molecule has 1 heterocycles. The highest BCUT2D eigenvalue weighted by Gasteiger charge is 2.06. The van der Waals surface area contributed by atoms with Gasteiger partial charge < -0.3 is 0 Å². The van der Waals surface area contributed by atoms with Crippen molar-refractivity contribution in [3.8, 4) is 11.3 Å². The molecule has 1 aromatic heterocycles. The predicted molar refractivity (Wildman–Crippen MR) is 90.5 cm³/mol. The van der Waals surface area contributed by atoms with E-state index in [0.29, 0.717) is 5.92 Å². The summed E-state index contributed by atoms with van der Waals surface area (Å²) in [5, 5.41) is 1.28. The number of hydrogen-bond donors (Lipinski definition) is 0. The topological polar surface area (TPSA) is 12.9 Å². The number of pyridine rings is 1. The van der Waals surface area contributed by atoms with E-state index in [1.54, 1.807) is 0 Å². The second-order valence-electron chi connectivity index (χ2n) is 6.15. The molecule has 1 nitrogen and oxygen atoms in total. The van der Waals surface area contributed by atoms with E-state index in [1.807, 2.05) is 0 Å². The highest BCUT2D eigenvalue weighted by Crippen LogP contribution is 2.25. The number of aryl methyl sites for hydroxylation is 1. The van der Waals surface area contributed by atoms with Gasteiger partial charge in [-0.2, -0.15) is 0 Å².